The fourth-order valence-electron chi connectivity index (χ4n) is 2.08. The second-order valence-electron chi connectivity index (χ2n) is 4.39. The Balaban J connectivity index is 2.49. The van der Waals surface area contributed by atoms with Crippen molar-refractivity contribution in [3.8, 4) is 0 Å². The van der Waals surface area contributed by atoms with Crippen molar-refractivity contribution in [2.24, 2.45) is 0 Å². The Kier molecular flexibility index (Phi) is 4.01. The second-order valence-corrected chi connectivity index (χ2v) is 6.66. The van der Waals surface area contributed by atoms with Crippen LogP contribution in [0.4, 0.5) is 4.39 Å². The van der Waals surface area contributed by atoms with E-state index in [2.05, 4.69) is 0 Å². The normalized spacial score (nSPS) is 23.9. The van der Waals surface area contributed by atoms with Gasteiger partial charge in [-0.05, 0) is 18.2 Å². The van der Waals surface area contributed by atoms with Crippen LogP contribution >= 0.6 is 11.6 Å². The van der Waals surface area contributed by atoms with Crippen LogP contribution in [0.2, 0.25) is 5.02 Å². The van der Waals surface area contributed by atoms with Gasteiger partial charge in [0.15, 0.2) is 0 Å². The fraction of sp³-hybridized carbons (Fsp3) is 0.364. The van der Waals surface area contributed by atoms with Gasteiger partial charge in [0.25, 0.3) is 0 Å². The summed E-state index contributed by atoms with van der Waals surface area (Å²) in [7, 11) is -4.30. The van der Waals surface area contributed by atoms with E-state index in [0.29, 0.717) is 4.31 Å². The van der Waals surface area contributed by atoms with Gasteiger partial charge in [-0.3, -0.25) is 4.79 Å². The van der Waals surface area contributed by atoms with Crippen LogP contribution in [0.1, 0.15) is 6.42 Å². The smallest absolute Gasteiger partial charge is 0.322 e. The molecule has 6 nitrogen and oxygen atoms in total. The first-order valence-corrected chi connectivity index (χ1v) is 7.43. The molecule has 1 aliphatic rings. The molecule has 1 unspecified atom stereocenters. The molecule has 1 aromatic rings. The highest BCUT2D eigenvalue weighted by Gasteiger charge is 2.44. The van der Waals surface area contributed by atoms with E-state index in [9.17, 15) is 22.7 Å². The lowest BCUT2D eigenvalue weighted by atomic mass is 10.2. The van der Waals surface area contributed by atoms with Crippen LogP contribution in [0.25, 0.3) is 0 Å². The zero-order valence-electron chi connectivity index (χ0n) is 10.0. The number of carbonyl (C=O) groups is 1. The van der Waals surface area contributed by atoms with Crippen LogP contribution in [0.3, 0.4) is 0 Å². The minimum Gasteiger partial charge on any atom is -0.480 e. The van der Waals surface area contributed by atoms with Crippen molar-refractivity contribution in [3.63, 3.8) is 0 Å². The summed E-state index contributed by atoms with van der Waals surface area (Å²) in [5.41, 5.74) is 0. The molecule has 0 spiro atoms. The van der Waals surface area contributed by atoms with E-state index in [1.165, 1.54) is 0 Å². The Bertz CT molecular complexity index is 650. The number of β-amino-alcohol motifs (C(OH)–C–C–N with tert-alkyl or cyclic N) is 1. The van der Waals surface area contributed by atoms with Gasteiger partial charge in [0.2, 0.25) is 10.0 Å². The molecule has 1 aliphatic heterocycles. The van der Waals surface area contributed by atoms with Crippen molar-refractivity contribution < 1.29 is 27.8 Å². The standard InChI is InChI=1S/C11H11ClFNO5S/c12-8-2-1-6(13)3-10(8)20(18,19)14-5-7(15)4-9(14)11(16)17/h1-3,7,9,15H,4-5H2,(H,16,17)/t7?,9-/m0/s1. The molecule has 0 aromatic heterocycles. The van der Waals surface area contributed by atoms with Gasteiger partial charge in [-0.25, -0.2) is 12.8 Å². The second kappa shape index (κ2) is 5.28. The highest BCUT2D eigenvalue weighted by atomic mass is 35.5. The Morgan fingerprint density at radius 3 is 2.70 bits per heavy atom. The Morgan fingerprint density at radius 2 is 2.10 bits per heavy atom. The molecule has 20 heavy (non-hydrogen) atoms. The zero-order chi connectivity index (χ0) is 15.1. The summed E-state index contributed by atoms with van der Waals surface area (Å²) in [6.07, 6.45) is -1.31. The van der Waals surface area contributed by atoms with E-state index in [1.807, 2.05) is 0 Å². The lowest BCUT2D eigenvalue weighted by molar-refractivity contribution is -0.140. The Morgan fingerprint density at radius 1 is 1.45 bits per heavy atom. The van der Waals surface area contributed by atoms with Gasteiger partial charge >= 0.3 is 5.97 Å². The molecule has 0 amide bonds. The van der Waals surface area contributed by atoms with Gasteiger partial charge in [0.1, 0.15) is 16.8 Å². The number of aliphatic carboxylic acids is 1. The minimum absolute atomic E-state index is 0.211. The molecule has 1 aromatic carbocycles. The molecular formula is C11H11ClFNO5S. The first-order valence-electron chi connectivity index (χ1n) is 5.61. The summed E-state index contributed by atoms with van der Waals surface area (Å²) < 4.78 is 38.6. The third kappa shape index (κ3) is 2.64. The number of carboxylic acid groups (broad SMARTS) is 1. The highest BCUT2D eigenvalue weighted by molar-refractivity contribution is 7.89. The van der Waals surface area contributed by atoms with Gasteiger partial charge in [0, 0.05) is 13.0 Å². The zero-order valence-corrected chi connectivity index (χ0v) is 11.6. The third-order valence-corrected chi connectivity index (χ3v) is 5.35. The number of hydrogen-bond donors (Lipinski definition) is 2. The minimum atomic E-state index is -4.30. The maximum atomic E-state index is 13.2. The molecule has 0 radical (unpaired) electrons. The number of nitrogens with zero attached hydrogens (tertiary/aromatic N) is 1. The number of sulfonamides is 1. The van der Waals surface area contributed by atoms with E-state index in [4.69, 9.17) is 16.7 Å². The molecule has 9 heteroatoms. The van der Waals surface area contributed by atoms with Crippen molar-refractivity contribution in [1.29, 1.82) is 0 Å². The molecule has 2 atom stereocenters. The predicted molar refractivity (Wildman–Crippen MR) is 67.3 cm³/mol. The molecule has 2 N–H and O–H groups in total. The first kappa shape index (κ1) is 15.2. The van der Waals surface area contributed by atoms with Crippen molar-refractivity contribution >= 4 is 27.6 Å². The summed E-state index contributed by atoms with van der Waals surface area (Å²) in [4.78, 5) is 10.5. The van der Waals surface area contributed by atoms with E-state index >= 15 is 0 Å². The van der Waals surface area contributed by atoms with Crippen molar-refractivity contribution in [3.05, 3.63) is 29.0 Å². The largest absolute Gasteiger partial charge is 0.480 e. The maximum Gasteiger partial charge on any atom is 0.322 e. The predicted octanol–water partition coefficient (Wildman–Crippen LogP) is 0.688. The van der Waals surface area contributed by atoms with Crippen LogP contribution in [0.15, 0.2) is 23.1 Å². The number of benzene rings is 1. The lowest BCUT2D eigenvalue weighted by Crippen LogP contribution is -2.40. The number of rotatable bonds is 3. The molecule has 0 saturated carbocycles. The lowest BCUT2D eigenvalue weighted by Gasteiger charge is -2.21. The van der Waals surface area contributed by atoms with Crippen molar-refractivity contribution in [1.82, 2.24) is 4.31 Å². The number of aliphatic hydroxyl groups excluding tert-OH is 1. The summed E-state index contributed by atoms with van der Waals surface area (Å²) >= 11 is 5.74. The summed E-state index contributed by atoms with van der Waals surface area (Å²) in [6.45, 7) is -0.369. The molecule has 0 aliphatic carbocycles. The topological polar surface area (TPSA) is 94.9 Å². The first-order chi connectivity index (χ1) is 9.23. The van der Waals surface area contributed by atoms with Crippen LogP contribution < -0.4 is 0 Å². The maximum absolute atomic E-state index is 13.2. The van der Waals surface area contributed by atoms with E-state index in [-0.39, 0.29) is 18.0 Å². The van der Waals surface area contributed by atoms with Crippen LogP contribution in [0, 0.1) is 5.82 Å². The van der Waals surface area contributed by atoms with Gasteiger partial charge in [-0.15, -0.1) is 0 Å². The Labute approximate surface area is 119 Å². The summed E-state index contributed by atoms with van der Waals surface area (Å²) in [6, 6.07) is 1.40. The number of aliphatic hydroxyl groups is 1. The van der Waals surface area contributed by atoms with Gasteiger partial charge in [0.05, 0.1) is 11.1 Å². The number of carboxylic acids is 1. The van der Waals surface area contributed by atoms with Gasteiger partial charge in [-0.1, -0.05) is 11.6 Å². The van der Waals surface area contributed by atoms with Gasteiger partial charge in [-0.2, -0.15) is 4.31 Å². The summed E-state index contributed by atoms with van der Waals surface area (Å²) in [5, 5.41) is 18.3. The van der Waals surface area contributed by atoms with E-state index < -0.39 is 38.9 Å². The van der Waals surface area contributed by atoms with Crippen LogP contribution in [-0.4, -0.2) is 47.6 Å². The van der Waals surface area contributed by atoms with Crippen molar-refractivity contribution in [2.75, 3.05) is 6.54 Å². The van der Waals surface area contributed by atoms with Crippen LogP contribution in [0.5, 0.6) is 0 Å². The number of hydrogen-bond acceptors (Lipinski definition) is 4. The molecule has 110 valence electrons. The molecule has 0 bridgehead atoms. The molecular weight excluding hydrogens is 313 g/mol. The van der Waals surface area contributed by atoms with Crippen LogP contribution in [-0.2, 0) is 14.8 Å². The van der Waals surface area contributed by atoms with Crippen molar-refractivity contribution in [2.45, 2.75) is 23.5 Å². The average Bonchev–Trinajstić information content (AvgIpc) is 2.75. The van der Waals surface area contributed by atoms with Gasteiger partial charge < -0.3 is 10.2 Å². The third-order valence-electron chi connectivity index (χ3n) is 3.00. The SMILES string of the molecule is O=C(O)[C@@H]1CC(O)CN1S(=O)(=O)c1cc(F)ccc1Cl. The molecule has 2 rings (SSSR count). The van der Waals surface area contributed by atoms with E-state index in [1.54, 1.807) is 0 Å². The monoisotopic (exact) mass is 323 g/mol. The fourth-order valence-corrected chi connectivity index (χ4v) is 4.19. The molecule has 1 fully saturated rings. The molecule has 1 heterocycles. The average molecular weight is 324 g/mol. The summed E-state index contributed by atoms with van der Waals surface area (Å²) in [5.74, 6) is -2.18. The highest BCUT2D eigenvalue weighted by Crippen LogP contribution is 2.30. The quantitative estimate of drug-likeness (QED) is 0.853. The number of halogens is 2. The Hall–Kier alpha value is -1.22. The van der Waals surface area contributed by atoms with E-state index in [0.717, 1.165) is 18.2 Å². The molecule has 1 saturated heterocycles.